The molecule has 0 radical (unpaired) electrons. The van der Waals surface area contributed by atoms with E-state index >= 15 is 0 Å². The molecule has 1 heterocycles. The lowest BCUT2D eigenvalue weighted by Gasteiger charge is -2.57. The van der Waals surface area contributed by atoms with E-state index in [-0.39, 0.29) is 54.1 Å². The second-order valence-electron chi connectivity index (χ2n) is 26.6. The van der Waals surface area contributed by atoms with Gasteiger partial charge in [0.2, 0.25) is 0 Å². The van der Waals surface area contributed by atoms with Gasteiger partial charge >= 0.3 is 0 Å². The zero-order chi connectivity index (χ0) is 51.7. The molecule has 0 amide bonds. The molecule has 1 aliphatic heterocycles. The fourth-order valence-corrected chi connectivity index (χ4v) is 16.7. The van der Waals surface area contributed by atoms with Crippen LogP contribution in [0.25, 0.3) is 0 Å². The maximum atomic E-state index is 13.6. The maximum Gasteiger partial charge on any atom is 0.163 e. The van der Waals surface area contributed by atoms with Gasteiger partial charge in [-0.25, -0.2) is 0 Å². The monoisotopic (exact) mass is 979 g/mol. The van der Waals surface area contributed by atoms with E-state index in [1.807, 2.05) is 41.5 Å². The Morgan fingerprint density at radius 3 is 1.61 bits per heavy atom. The standard InChI is InChI=1S/C30H46O6.C28H44O6/c1-17(2)8-9-25(32)29(7,33)24-11-13-30(34)19-14-21(31)20-15-22-23(36-26(3,4)35-22)16-27(20,5)18(19)10-12-28(24,30)6;1-16(2)7-8-24(34-6)27(5,32)23-10-12-28(33)18-13-20(29)19-14-21(30)22(31)15-25(19,3)17(18)9-11-26(23,28)4/h10,14,17,20,22-25,32-34H,8-9,11-13,15-16H2,1-7H3;9,13,16,19,21-24,30-33H,7-8,10-12,14-15H2,1-6H3/t20?,22-,23+,24?,25-,27?,28?,29-,30-;19?,21-,22+,23?,24-,25?,26?,27-,28-/m11/s1. The van der Waals surface area contributed by atoms with Gasteiger partial charge in [-0.15, -0.1) is 0 Å². The van der Waals surface area contributed by atoms with Crippen molar-refractivity contribution in [2.75, 3.05) is 7.11 Å². The van der Waals surface area contributed by atoms with Crippen molar-refractivity contribution >= 4 is 11.6 Å². The molecule has 9 rings (SSSR count). The van der Waals surface area contributed by atoms with Crippen molar-refractivity contribution in [2.45, 2.75) is 238 Å². The molecule has 0 spiro atoms. The van der Waals surface area contributed by atoms with Gasteiger partial charge in [0, 0.05) is 40.6 Å². The van der Waals surface area contributed by atoms with Crippen LogP contribution in [0.4, 0.5) is 0 Å². The van der Waals surface area contributed by atoms with Crippen molar-refractivity contribution in [3.05, 3.63) is 46.6 Å². The van der Waals surface area contributed by atoms with E-state index in [1.54, 1.807) is 26.2 Å². The van der Waals surface area contributed by atoms with Crippen molar-refractivity contribution in [1.29, 1.82) is 0 Å². The molecule has 5 fully saturated rings. The number of ketones is 2. The zero-order valence-corrected chi connectivity index (χ0v) is 44.8. The minimum Gasteiger partial charge on any atom is -0.390 e. The maximum absolute atomic E-state index is 13.6. The highest BCUT2D eigenvalue weighted by molar-refractivity contribution is 5.97. The summed E-state index contributed by atoms with van der Waals surface area (Å²) in [6.45, 7) is 24.2. The Balaban J connectivity index is 0.000000189. The number of rotatable bonds is 11. The number of hydrogen-bond donors (Lipinski definition) is 7. The number of aliphatic hydroxyl groups excluding tert-OH is 3. The largest absolute Gasteiger partial charge is 0.390 e. The summed E-state index contributed by atoms with van der Waals surface area (Å²) in [5.41, 5.74) is -3.93. The third-order valence-corrected chi connectivity index (χ3v) is 21.0. The molecule has 0 aromatic heterocycles. The normalized spacial score (nSPS) is 45.1. The smallest absolute Gasteiger partial charge is 0.163 e. The first-order valence-electron chi connectivity index (χ1n) is 27.0. The van der Waals surface area contributed by atoms with Gasteiger partial charge in [0.1, 0.15) is 0 Å². The number of methoxy groups -OCH3 is 1. The highest BCUT2D eigenvalue weighted by Gasteiger charge is 2.70. The van der Waals surface area contributed by atoms with Crippen LogP contribution in [0, 0.1) is 57.2 Å². The van der Waals surface area contributed by atoms with Crippen molar-refractivity contribution in [1.82, 2.24) is 0 Å². The van der Waals surface area contributed by atoms with E-state index in [1.165, 1.54) is 0 Å². The number of allylic oxidation sites excluding steroid dienone is 4. The van der Waals surface area contributed by atoms with Crippen LogP contribution in [0.2, 0.25) is 0 Å². The number of carbonyl (C=O) groups excluding carboxylic acids is 2. The molecule has 8 unspecified atom stereocenters. The summed E-state index contributed by atoms with van der Waals surface area (Å²) >= 11 is 0. The first-order chi connectivity index (χ1) is 32.3. The number of hydrogen-bond acceptors (Lipinski definition) is 12. The van der Waals surface area contributed by atoms with Crippen LogP contribution < -0.4 is 0 Å². The third kappa shape index (κ3) is 8.21. The Morgan fingerprint density at radius 1 is 0.657 bits per heavy atom. The first kappa shape index (κ1) is 54.2. The quantitative estimate of drug-likeness (QED) is 0.106. The molecular weight excluding hydrogens is 889 g/mol. The summed E-state index contributed by atoms with van der Waals surface area (Å²) < 4.78 is 18.2. The summed E-state index contributed by atoms with van der Waals surface area (Å²) in [5, 5.41) is 79.9. The van der Waals surface area contributed by atoms with Gasteiger partial charge < -0.3 is 50.0 Å². The third-order valence-electron chi connectivity index (χ3n) is 21.0. The van der Waals surface area contributed by atoms with E-state index in [4.69, 9.17) is 14.2 Å². The molecule has 12 nitrogen and oxygen atoms in total. The molecule has 12 heteroatoms. The van der Waals surface area contributed by atoms with Gasteiger partial charge in [-0.2, -0.15) is 0 Å². The Kier molecular flexibility index (Phi) is 14.0. The van der Waals surface area contributed by atoms with Gasteiger partial charge in [0.25, 0.3) is 0 Å². The molecule has 7 N–H and O–H groups in total. The SMILES string of the molecule is CC(C)CC[C@@H](O)[C@](C)(O)C1CC[C@@]2(O)C3=CC(=O)C4C[C@H]5OC(C)(C)O[C@H]5CC4(C)C3=CCC12C.CO[C@H](CCC(C)C)[C@](C)(O)C1CC[C@@]2(O)C3=CC(=O)C4C[C@@H](O)[C@@H](O)CC4(C)C3=CCC12C. The van der Waals surface area contributed by atoms with E-state index in [9.17, 15) is 45.3 Å². The summed E-state index contributed by atoms with van der Waals surface area (Å²) in [4.78, 5) is 26.9. The van der Waals surface area contributed by atoms with Crippen LogP contribution in [-0.4, -0.2) is 119 Å². The zero-order valence-electron chi connectivity index (χ0n) is 44.8. The summed E-state index contributed by atoms with van der Waals surface area (Å²) in [6.07, 6.45) is 12.7. The lowest BCUT2D eigenvalue weighted by Crippen LogP contribution is -2.60. The summed E-state index contributed by atoms with van der Waals surface area (Å²) in [7, 11) is 1.65. The molecule has 0 aromatic carbocycles. The van der Waals surface area contributed by atoms with Crippen LogP contribution >= 0.6 is 0 Å². The molecule has 0 aromatic rings. The van der Waals surface area contributed by atoms with Crippen molar-refractivity contribution < 1.29 is 59.5 Å². The number of carbonyl (C=O) groups is 2. The Hall–Kier alpha value is -2.10. The van der Waals surface area contributed by atoms with E-state index in [0.29, 0.717) is 81.6 Å². The predicted octanol–water partition coefficient (Wildman–Crippen LogP) is 7.77. The van der Waals surface area contributed by atoms with E-state index in [2.05, 4.69) is 46.8 Å². The van der Waals surface area contributed by atoms with Gasteiger partial charge in [-0.05, 0) is 176 Å². The molecule has 4 saturated carbocycles. The van der Waals surface area contributed by atoms with Gasteiger partial charge in [0.05, 0.1) is 59.0 Å². The minimum absolute atomic E-state index is 0.0567. The van der Waals surface area contributed by atoms with Crippen LogP contribution in [0.3, 0.4) is 0 Å². The van der Waals surface area contributed by atoms with Gasteiger partial charge in [0.15, 0.2) is 17.4 Å². The topological polar surface area (TPSA) is 203 Å². The minimum atomic E-state index is -1.33. The van der Waals surface area contributed by atoms with Crippen molar-refractivity contribution in [2.24, 2.45) is 57.2 Å². The highest BCUT2D eigenvalue weighted by Crippen LogP contribution is 2.69. The van der Waals surface area contributed by atoms with Crippen LogP contribution in [0.1, 0.15) is 173 Å². The predicted molar refractivity (Wildman–Crippen MR) is 267 cm³/mol. The fourth-order valence-electron chi connectivity index (χ4n) is 16.7. The fraction of sp³-hybridized carbons (Fsp3) is 0.828. The van der Waals surface area contributed by atoms with Crippen LogP contribution in [-0.2, 0) is 23.8 Å². The van der Waals surface area contributed by atoms with Crippen molar-refractivity contribution in [3.63, 3.8) is 0 Å². The summed E-state index contributed by atoms with van der Waals surface area (Å²) in [5.74, 6) is -0.840. The molecule has 394 valence electrons. The molecule has 1 saturated heterocycles. The van der Waals surface area contributed by atoms with Crippen LogP contribution in [0.15, 0.2) is 46.6 Å². The molecule has 0 bridgehead atoms. The average Bonchev–Trinajstić information content (AvgIpc) is 3.84. The number of ether oxygens (including phenoxy) is 3. The number of fused-ring (bicyclic) bond motifs is 11. The van der Waals surface area contributed by atoms with Crippen LogP contribution in [0.5, 0.6) is 0 Å². The first-order valence-corrected chi connectivity index (χ1v) is 27.0. The molecular formula is C58H90O12. The highest BCUT2D eigenvalue weighted by atomic mass is 16.8. The Labute approximate surface area is 418 Å². The van der Waals surface area contributed by atoms with E-state index < -0.39 is 74.1 Å². The Morgan fingerprint density at radius 2 is 1.11 bits per heavy atom. The molecule has 9 aliphatic rings. The summed E-state index contributed by atoms with van der Waals surface area (Å²) in [6, 6.07) is 0. The second-order valence-corrected chi connectivity index (χ2v) is 26.6. The number of aliphatic hydroxyl groups is 7. The average molecular weight is 979 g/mol. The van der Waals surface area contributed by atoms with Gasteiger partial charge in [-0.3, -0.25) is 9.59 Å². The van der Waals surface area contributed by atoms with Crippen molar-refractivity contribution in [3.8, 4) is 0 Å². The molecule has 70 heavy (non-hydrogen) atoms. The Bertz CT molecular complexity index is 2180. The lowest BCUT2D eigenvalue weighted by molar-refractivity contribution is -0.163. The lowest BCUT2D eigenvalue weighted by atomic mass is 9.49. The van der Waals surface area contributed by atoms with E-state index in [0.717, 1.165) is 36.0 Å². The molecule has 8 aliphatic carbocycles. The van der Waals surface area contributed by atoms with Gasteiger partial charge in [-0.1, -0.05) is 67.5 Å². The second kappa shape index (κ2) is 18.0. The molecule has 18 atom stereocenters.